The van der Waals surface area contributed by atoms with Crippen molar-refractivity contribution in [3.05, 3.63) is 29.8 Å². The first-order valence-electron chi connectivity index (χ1n) is 5.21. The zero-order chi connectivity index (χ0) is 13.4. The van der Waals surface area contributed by atoms with Crippen molar-refractivity contribution < 1.29 is 19.1 Å². The van der Waals surface area contributed by atoms with Crippen LogP contribution in [0.4, 0.5) is 0 Å². The number of aldehydes is 1. The number of carbonyl (C=O) groups is 3. The van der Waals surface area contributed by atoms with Crippen molar-refractivity contribution >= 4 is 29.6 Å². The summed E-state index contributed by atoms with van der Waals surface area (Å²) in [5.41, 5.74) is 6.66. The Morgan fingerprint density at radius 2 is 2.00 bits per heavy atom. The van der Waals surface area contributed by atoms with Crippen LogP contribution in [-0.2, 0) is 20.8 Å². The topological polar surface area (TPSA) is 86.5 Å². The fraction of sp³-hybridized carbons (Fsp3) is 0.250. The highest BCUT2D eigenvalue weighted by atomic mass is 32.2. The van der Waals surface area contributed by atoms with Crippen LogP contribution in [0.25, 0.3) is 0 Å². The second kappa shape index (κ2) is 7.50. The maximum atomic E-state index is 11.1. The lowest BCUT2D eigenvalue weighted by atomic mass is 10.1. The minimum Gasteiger partial charge on any atom is -0.486 e. The van der Waals surface area contributed by atoms with Gasteiger partial charge in [0.2, 0.25) is 5.91 Å². The first-order chi connectivity index (χ1) is 8.67. The van der Waals surface area contributed by atoms with E-state index in [0.717, 1.165) is 17.3 Å². The lowest BCUT2D eigenvalue weighted by molar-refractivity contribution is -0.117. The zero-order valence-corrected chi connectivity index (χ0v) is 10.4. The van der Waals surface area contributed by atoms with Crippen LogP contribution in [-0.4, -0.2) is 29.7 Å². The van der Waals surface area contributed by atoms with Crippen LogP contribution in [0.5, 0.6) is 5.75 Å². The molecule has 0 fully saturated rings. The molecule has 5 nitrogen and oxygen atoms in total. The Bertz CT molecular complexity index is 419. The zero-order valence-electron chi connectivity index (χ0n) is 9.57. The SMILES string of the molecule is NC(=O)C(Cc1ccc(OCC=O)cc1)SC=O. The predicted octanol–water partition coefficient (Wildman–Crippen LogP) is 0.584. The molecule has 18 heavy (non-hydrogen) atoms. The van der Waals surface area contributed by atoms with Gasteiger partial charge in [0, 0.05) is 0 Å². The molecule has 0 saturated heterocycles. The highest BCUT2D eigenvalue weighted by Crippen LogP contribution is 2.17. The summed E-state index contributed by atoms with van der Waals surface area (Å²) < 4.78 is 5.09. The molecule has 1 rings (SSSR count). The number of hydrogen-bond donors (Lipinski definition) is 1. The summed E-state index contributed by atoms with van der Waals surface area (Å²) in [6.07, 6.45) is 1.05. The maximum absolute atomic E-state index is 11.1. The van der Waals surface area contributed by atoms with Crippen molar-refractivity contribution in [2.75, 3.05) is 6.61 Å². The summed E-state index contributed by atoms with van der Waals surface area (Å²) in [7, 11) is 0. The van der Waals surface area contributed by atoms with Gasteiger partial charge in [-0.05, 0) is 24.1 Å². The normalized spacial score (nSPS) is 11.6. The third-order valence-electron chi connectivity index (χ3n) is 2.20. The largest absolute Gasteiger partial charge is 0.486 e. The van der Waals surface area contributed by atoms with Crippen molar-refractivity contribution in [2.24, 2.45) is 5.73 Å². The van der Waals surface area contributed by atoms with Crippen molar-refractivity contribution in [3.63, 3.8) is 0 Å². The lowest BCUT2D eigenvalue weighted by Gasteiger charge is -2.10. The van der Waals surface area contributed by atoms with E-state index >= 15 is 0 Å². The number of ether oxygens (including phenoxy) is 1. The van der Waals surface area contributed by atoms with Crippen molar-refractivity contribution in [2.45, 2.75) is 11.7 Å². The minimum absolute atomic E-state index is 0.00422. The summed E-state index contributed by atoms with van der Waals surface area (Å²) in [6, 6.07) is 6.92. The monoisotopic (exact) mass is 267 g/mol. The average Bonchev–Trinajstić information content (AvgIpc) is 2.37. The fourth-order valence-electron chi connectivity index (χ4n) is 1.35. The number of benzene rings is 1. The summed E-state index contributed by atoms with van der Waals surface area (Å²) >= 11 is 0.865. The van der Waals surface area contributed by atoms with Crippen molar-refractivity contribution in [1.29, 1.82) is 0 Å². The van der Waals surface area contributed by atoms with E-state index in [9.17, 15) is 14.4 Å². The molecule has 6 heteroatoms. The van der Waals surface area contributed by atoms with Crippen molar-refractivity contribution in [3.8, 4) is 5.75 Å². The molecule has 0 radical (unpaired) electrons. The van der Waals surface area contributed by atoms with E-state index in [1.54, 1.807) is 24.3 Å². The first-order valence-corrected chi connectivity index (χ1v) is 6.15. The fourth-order valence-corrected chi connectivity index (χ4v) is 1.91. The lowest BCUT2D eigenvalue weighted by Crippen LogP contribution is -2.27. The molecule has 1 atom stereocenters. The molecule has 1 amide bonds. The van der Waals surface area contributed by atoms with Crippen LogP contribution in [0.15, 0.2) is 24.3 Å². The van der Waals surface area contributed by atoms with Gasteiger partial charge in [-0.2, -0.15) is 0 Å². The number of rotatable bonds is 8. The summed E-state index contributed by atoms with van der Waals surface area (Å²) in [5.74, 6) is 0.0536. The Labute approximate surface area is 109 Å². The molecule has 0 aliphatic heterocycles. The Hall–Kier alpha value is -1.82. The van der Waals surface area contributed by atoms with Gasteiger partial charge in [-0.1, -0.05) is 23.9 Å². The molecule has 2 N–H and O–H groups in total. The van der Waals surface area contributed by atoms with E-state index in [1.807, 2.05) is 0 Å². The first kappa shape index (κ1) is 14.2. The molecule has 0 bridgehead atoms. The third-order valence-corrected chi connectivity index (χ3v) is 3.04. The standard InChI is InChI=1S/C12H13NO4S/c13-12(16)11(18-8-15)7-9-1-3-10(4-2-9)17-6-5-14/h1-5,8,11H,6-7H2,(H2,13,16). The second-order valence-electron chi connectivity index (χ2n) is 3.45. The average molecular weight is 267 g/mol. The Morgan fingerprint density at radius 3 is 2.50 bits per heavy atom. The van der Waals surface area contributed by atoms with E-state index in [0.29, 0.717) is 24.1 Å². The highest BCUT2D eigenvalue weighted by Gasteiger charge is 2.16. The van der Waals surface area contributed by atoms with Gasteiger partial charge in [-0.15, -0.1) is 0 Å². The molecule has 0 spiro atoms. The van der Waals surface area contributed by atoms with Gasteiger partial charge in [0.1, 0.15) is 12.4 Å². The van der Waals surface area contributed by atoms with E-state index in [4.69, 9.17) is 10.5 Å². The van der Waals surface area contributed by atoms with Crippen LogP contribution in [0.2, 0.25) is 0 Å². The third kappa shape index (κ3) is 4.58. The Balaban J connectivity index is 2.63. The number of thioether (sulfide) groups is 1. The molecule has 1 aromatic carbocycles. The number of carbonyl (C=O) groups excluding carboxylic acids is 3. The summed E-state index contributed by atoms with van der Waals surface area (Å²) in [4.78, 5) is 31.6. The van der Waals surface area contributed by atoms with Gasteiger partial charge >= 0.3 is 0 Å². The Morgan fingerprint density at radius 1 is 1.33 bits per heavy atom. The van der Waals surface area contributed by atoms with Gasteiger partial charge in [0.05, 0.1) is 5.25 Å². The molecule has 0 heterocycles. The Kier molecular flexibility index (Phi) is 5.93. The van der Waals surface area contributed by atoms with Gasteiger partial charge in [0.15, 0.2) is 11.9 Å². The van der Waals surface area contributed by atoms with E-state index in [2.05, 4.69) is 0 Å². The molecule has 0 aromatic heterocycles. The van der Waals surface area contributed by atoms with Crippen LogP contribution < -0.4 is 10.5 Å². The molecule has 0 aliphatic rings. The van der Waals surface area contributed by atoms with E-state index < -0.39 is 11.2 Å². The summed E-state index contributed by atoms with van der Waals surface area (Å²) in [5, 5.41) is -0.566. The maximum Gasteiger partial charge on any atom is 0.231 e. The quantitative estimate of drug-likeness (QED) is 0.696. The summed E-state index contributed by atoms with van der Waals surface area (Å²) in [6.45, 7) is 0.00422. The van der Waals surface area contributed by atoms with Gasteiger partial charge < -0.3 is 10.5 Å². The number of nitrogens with two attached hydrogens (primary N) is 1. The van der Waals surface area contributed by atoms with E-state index in [-0.39, 0.29) is 6.61 Å². The molecular formula is C12H13NO4S. The predicted molar refractivity (Wildman–Crippen MR) is 69.0 cm³/mol. The molecular weight excluding hydrogens is 254 g/mol. The van der Waals surface area contributed by atoms with Gasteiger partial charge in [-0.3, -0.25) is 14.4 Å². The van der Waals surface area contributed by atoms with E-state index in [1.165, 1.54) is 0 Å². The molecule has 0 saturated carbocycles. The van der Waals surface area contributed by atoms with Gasteiger partial charge in [-0.25, -0.2) is 0 Å². The second-order valence-corrected chi connectivity index (χ2v) is 4.48. The van der Waals surface area contributed by atoms with Crippen LogP contribution in [0.1, 0.15) is 5.56 Å². The number of amides is 1. The molecule has 96 valence electrons. The van der Waals surface area contributed by atoms with Crippen LogP contribution in [0.3, 0.4) is 0 Å². The molecule has 1 unspecified atom stereocenters. The minimum atomic E-state index is -0.566. The van der Waals surface area contributed by atoms with Crippen LogP contribution >= 0.6 is 11.8 Å². The number of hydrogen-bond acceptors (Lipinski definition) is 5. The highest BCUT2D eigenvalue weighted by molar-refractivity contribution is 8.13. The van der Waals surface area contributed by atoms with Gasteiger partial charge in [0.25, 0.3) is 0 Å². The molecule has 1 aromatic rings. The smallest absolute Gasteiger partial charge is 0.231 e. The number of primary amides is 1. The van der Waals surface area contributed by atoms with Crippen LogP contribution in [0, 0.1) is 0 Å². The van der Waals surface area contributed by atoms with Crippen molar-refractivity contribution in [1.82, 2.24) is 0 Å². The molecule has 0 aliphatic carbocycles.